The van der Waals surface area contributed by atoms with E-state index < -0.39 is 0 Å². The van der Waals surface area contributed by atoms with E-state index in [9.17, 15) is 4.79 Å². The van der Waals surface area contributed by atoms with Gasteiger partial charge in [-0.15, -0.1) is 0 Å². The number of carbonyl (C=O) groups is 1. The first-order chi connectivity index (χ1) is 12.0. The smallest absolute Gasteiger partial charge is 0.223 e. The molecule has 3 rings (SSSR count). The number of anilines is 2. The molecule has 1 aliphatic rings. The quantitative estimate of drug-likeness (QED) is 0.859. The first-order valence-corrected chi connectivity index (χ1v) is 8.64. The lowest BCUT2D eigenvalue weighted by Gasteiger charge is -2.27. The second-order valence-electron chi connectivity index (χ2n) is 6.48. The third kappa shape index (κ3) is 3.31. The maximum atomic E-state index is 12.0. The molecule has 0 atom stereocenters. The molecule has 132 valence electrons. The van der Waals surface area contributed by atoms with Crippen molar-refractivity contribution < 1.29 is 9.53 Å². The van der Waals surface area contributed by atoms with Gasteiger partial charge in [-0.05, 0) is 32.4 Å². The molecule has 5 nitrogen and oxygen atoms in total. The number of nitrogens with zero attached hydrogens (tertiary/aromatic N) is 3. The predicted molar refractivity (Wildman–Crippen MR) is 100 cm³/mol. The second kappa shape index (κ2) is 7.13. The number of aryl methyl sites for hydroxylation is 1. The summed E-state index contributed by atoms with van der Waals surface area (Å²) >= 11 is 0. The van der Waals surface area contributed by atoms with Crippen molar-refractivity contribution in [1.29, 1.82) is 0 Å². The topological polar surface area (TPSA) is 45.7 Å². The summed E-state index contributed by atoms with van der Waals surface area (Å²) in [6.07, 6.45) is 2.79. The number of pyridine rings is 1. The van der Waals surface area contributed by atoms with Gasteiger partial charge >= 0.3 is 0 Å². The molecular weight excluding hydrogens is 314 g/mol. The first kappa shape index (κ1) is 17.3. The summed E-state index contributed by atoms with van der Waals surface area (Å²) in [7, 11) is 1.70. The van der Waals surface area contributed by atoms with Crippen LogP contribution in [0.4, 0.5) is 11.4 Å². The third-order valence-electron chi connectivity index (χ3n) is 4.79. The highest BCUT2D eigenvalue weighted by Crippen LogP contribution is 2.34. The van der Waals surface area contributed by atoms with Crippen molar-refractivity contribution in [3.05, 3.63) is 47.3 Å². The molecule has 0 aliphatic carbocycles. The molecule has 25 heavy (non-hydrogen) atoms. The van der Waals surface area contributed by atoms with Crippen LogP contribution in [0.25, 0.3) is 0 Å². The number of methoxy groups -OCH3 is 1. The Kier molecular flexibility index (Phi) is 4.93. The Bertz CT molecular complexity index is 789. The molecule has 2 aromatic rings. The maximum Gasteiger partial charge on any atom is 0.223 e. The Morgan fingerprint density at radius 3 is 2.60 bits per heavy atom. The van der Waals surface area contributed by atoms with E-state index in [1.165, 1.54) is 0 Å². The summed E-state index contributed by atoms with van der Waals surface area (Å²) in [5.41, 5.74) is 5.18. The molecule has 0 fully saturated rings. The van der Waals surface area contributed by atoms with Gasteiger partial charge in [0.1, 0.15) is 5.75 Å². The van der Waals surface area contributed by atoms with E-state index in [-0.39, 0.29) is 5.91 Å². The summed E-state index contributed by atoms with van der Waals surface area (Å²) in [6, 6.07) is 8.10. The molecule has 1 amide bonds. The molecule has 1 aromatic carbocycles. The van der Waals surface area contributed by atoms with Gasteiger partial charge in [-0.2, -0.15) is 0 Å². The normalized spacial score (nSPS) is 14.1. The standard InChI is InChI=1S/C20H25N3O2/c1-14-12-21-17(15(2)20(14)25-4)13-22-10-7-11-23(16(3)24)19-9-6-5-8-18(19)22/h5-6,8-9,12H,7,10-11,13H2,1-4H3. The molecule has 2 heterocycles. The second-order valence-corrected chi connectivity index (χ2v) is 6.48. The van der Waals surface area contributed by atoms with E-state index in [2.05, 4.69) is 22.9 Å². The van der Waals surface area contributed by atoms with Crippen LogP contribution in [0.3, 0.4) is 0 Å². The van der Waals surface area contributed by atoms with Crippen molar-refractivity contribution in [2.24, 2.45) is 0 Å². The van der Waals surface area contributed by atoms with E-state index in [0.29, 0.717) is 6.54 Å². The molecule has 0 saturated heterocycles. The van der Waals surface area contributed by atoms with E-state index in [1.54, 1.807) is 14.0 Å². The van der Waals surface area contributed by atoms with Crippen molar-refractivity contribution >= 4 is 17.3 Å². The highest BCUT2D eigenvalue weighted by Gasteiger charge is 2.23. The number of fused-ring (bicyclic) bond motifs is 1. The lowest BCUT2D eigenvalue weighted by molar-refractivity contribution is -0.116. The Hall–Kier alpha value is -2.56. The lowest BCUT2D eigenvalue weighted by Crippen LogP contribution is -2.28. The molecular formula is C20H25N3O2. The van der Waals surface area contributed by atoms with Crippen LogP contribution in [0.15, 0.2) is 30.5 Å². The summed E-state index contributed by atoms with van der Waals surface area (Å²) < 4.78 is 5.54. The van der Waals surface area contributed by atoms with E-state index >= 15 is 0 Å². The summed E-state index contributed by atoms with van der Waals surface area (Å²) in [6.45, 7) is 8.02. The fraction of sp³-hybridized carbons (Fsp3) is 0.400. The molecule has 0 spiro atoms. The Morgan fingerprint density at radius 2 is 1.92 bits per heavy atom. The first-order valence-electron chi connectivity index (χ1n) is 8.64. The third-order valence-corrected chi connectivity index (χ3v) is 4.79. The number of amides is 1. The molecule has 1 aromatic heterocycles. The Morgan fingerprint density at radius 1 is 1.20 bits per heavy atom. The largest absolute Gasteiger partial charge is 0.496 e. The summed E-state index contributed by atoms with van der Waals surface area (Å²) in [4.78, 5) is 20.8. The van der Waals surface area contributed by atoms with Crippen LogP contribution in [0, 0.1) is 13.8 Å². The number of carbonyl (C=O) groups excluding carboxylic acids is 1. The van der Waals surface area contributed by atoms with Crippen LogP contribution >= 0.6 is 0 Å². The number of ether oxygens (including phenoxy) is 1. The van der Waals surface area contributed by atoms with Gasteiger partial charge in [0.2, 0.25) is 5.91 Å². The summed E-state index contributed by atoms with van der Waals surface area (Å²) in [5, 5.41) is 0. The number of hydrogen-bond donors (Lipinski definition) is 0. The van der Waals surface area contributed by atoms with Gasteiger partial charge in [0.25, 0.3) is 0 Å². The van der Waals surface area contributed by atoms with Crippen LogP contribution in [0.2, 0.25) is 0 Å². The van der Waals surface area contributed by atoms with Crippen molar-refractivity contribution in [2.75, 3.05) is 30.0 Å². The number of aromatic nitrogens is 1. The van der Waals surface area contributed by atoms with E-state index in [4.69, 9.17) is 4.74 Å². The lowest BCUT2D eigenvalue weighted by atomic mass is 10.1. The minimum absolute atomic E-state index is 0.0839. The summed E-state index contributed by atoms with van der Waals surface area (Å²) in [5.74, 6) is 0.985. The van der Waals surface area contributed by atoms with Crippen molar-refractivity contribution in [2.45, 2.75) is 33.7 Å². The van der Waals surface area contributed by atoms with Crippen LogP contribution in [0.1, 0.15) is 30.2 Å². The van der Waals surface area contributed by atoms with Gasteiger partial charge in [0, 0.05) is 37.3 Å². The maximum absolute atomic E-state index is 12.0. The Labute approximate surface area is 149 Å². The number of rotatable bonds is 3. The van der Waals surface area contributed by atoms with E-state index in [1.807, 2.05) is 36.2 Å². The number of hydrogen-bond acceptors (Lipinski definition) is 4. The van der Waals surface area contributed by atoms with Gasteiger partial charge in [-0.1, -0.05) is 12.1 Å². The van der Waals surface area contributed by atoms with Crippen molar-refractivity contribution in [3.63, 3.8) is 0 Å². The van der Waals surface area contributed by atoms with Gasteiger partial charge in [-0.25, -0.2) is 0 Å². The van der Waals surface area contributed by atoms with Crippen LogP contribution in [0.5, 0.6) is 5.75 Å². The minimum atomic E-state index is 0.0839. The molecule has 0 bridgehead atoms. The van der Waals surface area contributed by atoms with Crippen LogP contribution < -0.4 is 14.5 Å². The molecule has 0 saturated carbocycles. The average Bonchev–Trinajstić information content (AvgIpc) is 2.78. The zero-order valence-electron chi connectivity index (χ0n) is 15.4. The van der Waals surface area contributed by atoms with Gasteiger partial charge in [-0.3, -0.25) is 9.78 Å². The molecule has 0 radical (unpaired) electrons. The van der Waals surface area contributed by atoms with Gasteiger partial charge in [0.05, 0.1) is 30.7 Å². The molecule has 0 N–H and O–H groups in total. The van der Waals surface area contributed by atoms with Crippen LogP contribution in [-0.2, 0) is 11.3 Å². The highest BCUT2D eigenvalue weighted by atomic mass is 16.5. The molecule has 1 aliphatic heterocycles. The zero-order chi connectivity index (χ0) is 18.0. The van der Waals surface area contributed by atoms with E-state index in [0.717, 1.165) is 53.5 Å². The fourth-order valence-corrected chi connectivity index (χ4v) is 3.52. The monoisotopic (exact) mass is 339 g/mol. The highest BCUT2D eigenvalue weighted by molar-refractivity contribution is 5.95. The molecule has 5 heteroatoms. The SMILES string of the molecule is COc1c(C)cnc(CN2CCCN(C(C)=O)c3ccccc32)c1C. The van der Waals surface area contributed by atoms with Gasteiger partial charge in [0.15, 0.2) is 0 Å². The van der Waals surface area contributed by atoms with Crippen molar-refractivity contribution in [3.8, 4) is 5.75 Å². The number of para-hydroxylation sites is 2. The van der Waals surface area contributed by atoms with Gasteiger partial charge < -0.3 is 14.5 Å². The molecule has 0 unspecified atom stereocenters. The fourth-order valence-electron chi connectivity index (χ4n) is 3.52. The Balaban J connectivity index is 1.98. The minimum Gasteiger partial charge on any atom is -0.496 e. The van der Waals surface area contributed by atoms with Crippen molar-refractivity contribution in [1.82, 2.24) is 4.98 Å². The number of benzene rings is 1. The van der Waals surface area contributed by atoms with Crippen LogP contribution in [-0.4, -0.2) is 31.1 Å². The zero-order valence-corrected chi connectivity index (χ0v) is 15.4. The average molecular weight is 339 g/mol. The predicted octanol–water partition coefficient (Wildman–Crippen LogP) is 3.47.